The van der Waals surface area contributed by atoms with Crippen LogP contribution in [0.15, 0.2) is 12.5 Å². The summed E-state index contributed by atoms with van der Waals surface area (Å²) >= 11 is 0. The van der Waals surface area contributed by atoms with Crippen LogP contribution in [0.5, 0.6) is 0 Å². The van der Waals surface area contributed by atoms with Crippen LogP contribution in [0.4, 0.5) is 0 Å². The van der Waals surface area contributed by atoms with Crippen molar-refractivity contribution in [2.75, 3.05) is 6.54 Å². The molecule has 34 heavy (non-hydrogen) atoms. The van der Waals surface area contributed by atoms with E-state index in [4.69, 9.17) is 11.5 Å². The summed E-state index contributed by atoms with van der Waals surface area (Å²) < 4.78 is 0. The molecule has 0 aliphatic rings. The molecule has 0 spiro atoms. The smallest absolute Gasteiger partial charge is 0.326 e. The largest absolute Gasteiger partial charge is 0.480 e. The zero-order chi connectivity index (χ0) is 25.8. The number of H-pyrrole nitrogens is 1. The maximum atomic E-state index is 13.1. The van der Waals surface area contributed by atoms with Crippen LogP contribution < -0.4 is 27.4 Å². The number of aliphatic hydroxyl groups excluding tert-OH is 1. The highest BCUT2D eigenvalue weighted by Crippen LogP contribution is 2.08. The van der Waals surface area contributed by atoms with E-state index in [1.54, 1.807) is 13.8 Å². The first kappa shape index (κ1) is 29.0. The minimum atomic E-state index is -1.26. The molecule has 1 aromatic heterocycles. The predicted molar refractivity (Wildman–Crippen MR) is 123 cm³/mol. The number of aliphatic carboxylic acids is 1. The molecule has 0 radical (unpaired) electrons. The van der Waals surface area contributed by atoms with Gasteiger partial charge in [0.15, 0.2) is 0 Å². The van der Waals surface area contributed by atoms with Gasteiger partial charge in [-0.1, -0.05) is 13.8 Å². The first-order valence-corrected chi connectivity index (χ1v) is 11.2. The minimum Gasteiger partial charge on any atom is -0.480 e. The number of carboxylic acids is 1. The fourth-order valence-electron chi connectivity index (χ4n) is 3.11. The van der Waals surface area contributed by atoms with Gasteiger partial charge in [-0.15, -0.1) is 0 Å². The summed E-state index contributed by atoms with van der Waals surface area (Å²) in [6, 6.07) is -4.57. The number of aliphatic hydroxyl groups is 1. The van der Waals surface area contributed by atoms with Crippen LogP contribution in [0.3, 0.4) is 0 Å². The molecule has 5 atom stereocenters. The van der Waals surface area contributed by atoms with E-state index >= 15 is 0 Å². The zero-order valence-corrected chi connectivity index (χ0v) is 19.8. The number of hydrogen-bond donors (Lipinski definition) is 8. The van der Waals surface area contributed by atoms with E-state index < -0.39 is 54.0 Å². The van der Waals surface area contributed by atoms with Crippen LogP contribution in [-0.4, -0.2) is 80.7 Å². The predicted octanol–water partition coefficient (Wildman–Crippen LogP) is -2.02. The number of rotatable bonds is 15. The number of nitrogens with zero attached hydrogens (tertiary/aromatic N) is 1. The fourth-order valence-corrected chi connectivity index (χ4v) is 3.11. The van der Waals surface area contributed by atoms with Gasteiger partial charge in [-0.05, 0) is 38.6 Å². The molecule has 10 N–H and O–H groups in total. The number of carbonyl (C=O) groups is 4. The highest BCUT2D eigenvalue weighted by Gasteiger charge is 2.32. The second-order valence-electron chi connectivity index (χ2n) is 8.52. The third kappa shape index (κ3) is 9.45. The van der Waals surface area contributed by atoms with Crippen LogP contribution >= 0.6 is 0 Å². The summed E-state index contributed by atoms with van der Waals surface area (Å²) in [5.41, 5.74) is 11.7. The number of nitrogens with two attached hydrogens (primary N) is 2. The maximum Gasteiger partial charge on any atom is 0.326 e. The molecule has 0 saturated carbocycles. The van der Waals surface area contributed by atoms with Gasteiger partial charge < -0.3 is 42.6 Å². The van der Waals surface area contributed by atoms with Crippen molar-refractivity contribution in [3.63, 3.8) is 0 Å². The van der Waals surface area contributed by atoms with Crippen molar-refractivity contribution in [2.24, 2.45) is 17.4 Å². The Labute approximate surface area is 198 Å². The molecule has 1 rings (SSSR count). The van der Waals surface area contributed by atoms with Gasteiger partial charge >= 0.3 is 5.97 Å². The number of hydrogen-bond acceptors (Lipinski definition) is 8. The van der Waals surface area contributed by atoms with Crippen molar-refractivity contribution in [1.82, 2.24) is 25.9 Å². The Morgan fingerprint density at radius 2 is 1.68 bits per heavy atom. The Kier molecular flexibility index (Phi) is 12.2. The van der Waals surface area contributed by atoms with E-state index in [-0.39, 0.29) is 18.8 Å². The van der Waals surface area contributed by atoms with E-state index in [1.165, 1.54) is 19.4 Å². The molecular weight excluding hydrogens is 446 g/mol. The molecule has 13 heteroatoms. The highest BCUT2D eigenvalue weighted by atomic mass is 16.4. The molecule has 0 saturated heterocycles. The normalized spacial score (nSPS) is 15.6. The molecule has 0 aromatic carbocycles. The molecule has 1 aromatic rings. The van der Waals surface area contributed by atoms with Crippen molar-refractivity contribution in [3.05, 3.63) is 18.2 Å². The van der Waals surface area contributed by atoms with Gasteiger partial charge in [0.2, 0.25) is 17.7 Å². The molecular formula is C21H37N7O6. The molecule has 1 heterocycles. The standard InChI is InChI=1S/C21H37N7O6/c1-11(2)17(20(32)26-14(21(33)34)6-4-5-7-22)28-18(30)15(8-13-9-24-10-25-13)27-19(31)16(23)12(3)29/h9-12,14-17,29H,4-8,22-23H2,1-3H3,(H,24,25)(H,26,32)(H,27,31)(H,28,30)(H,33,34). The number of nitrogens with one attached hydrogen (secondary N) is 4. The van der Waals surface area contributed by atoms with Crippen LogP contribution in [0, 0.1) is 5.92 Å². The molecule has 0 fully saturated rings. The van der Waals surface area contributed by atoms with Crippen LogP contribution in [0.1, 0.15) is 45.7 Å². The number of carbonyl (C=O) groups excluding carboxylic acids is 3. The summed E-state index contributed by atoms with van der Waals surface area (Å²) in [5.74, 6) is -3.65. The van der Waals surface area contributed by atoms with Gasteiger partial charge in [0, 0.05) is 18.3 Å². The Balaban J connectivity index is 2.97. The van der Waals surface area contributed by atoms with Crippen molar-refractivity contribution in [3.8, 4) is 0 Å². The SMILES string of the molecule is CC(C)C(NC(=O)C(Cc1cnc[nH]1)NC(=O)C(N)C(C)O)C(=O)NC(CCCCN)C(=O)O. The average molecular weight is 484 g/mol. The topological polar surface area (TPSA) is 226 Å². The highest BCUT2D eigenvalue weighted by molar-refractivity contribution is 5.94. The summed E-state index contributed by atoms with van der Waals surface area (Å²) in [5, 5.41) is 26.6. The second kappa shape index (κ2) is 14.3. The van der Waals surface area contributed by atoms with E-state index in [1.807, 2.05) is 0 Å². The van der Waals surface area contributed by atoms with Gasteiger partial charge in [-0.25, -0.2) is 9.78 Å². The van der Waals surface area contributed by atoms with E-state index in [0.29, 0.717) is 25.1 Å². The van der Waals surface area contributed by atoms with Gasteiger partial charge in [0.05, 0.1) is 12.4 Å². The van der Waals surface area contributed by atoms with Crippen LogP contribution in [0.2, 0.25) is 0 Å². The quantitative estimate of drug-likeness (QED) is 0.129. The first-order valence-electron chi connectivity index (χ1n) is 11.2. The summed E-state index contributed by atoms with van der Waals surface area (Å²) in [7, 11) is 0. The molecule has 0 aliphatic heterocycles. The molecule has 192 valence electrons. The van der Waals surface area contributed by atoms with Gasteiger partial charge in [0.1, 0.15) is 24.2 Å². The Hall–Kier alpha value is -3.03. The summed E-state index contributed by atoms with van der Waals surface area (Å²) in [6.45, 7) is 5.15. The Bertz CT molecular complexity index is 800. The van der Waals surface area contributed by atoms with Crippen molar-refractivity contribution >= 4 is 23.7 Å². The number of unbranched alkanes of at least 4 members (excludes halogenated alkanes) is 1. The zero-order valence-electron chi connectivity index (χ0n) is 19.8. The average Bonchev–Trinajstić information content (AvgIpc) is 3.28. The Morgan fingerprint density at radius 3 is 2.18 bits per heavy atom. The molecule has 0 aliphatic carbocycles. The minimum absolute atomic E-state index is 0.0212. The number of carboxylic acid groups (broad SMARTS) is 1. The fraction of sp³-hybridized carbons (Fsp3) is 0.667. The monoisotopic (exact) mass is 483 g/mol. The maximum absolute atomic E-state index is 13.1. The number of amides is 3. The van der Waals surface area contributed by atoms with Gasteiger partial charge in [0.25, 0.3) is 0 Å². The number of aromatic amines is 1. The number of aromatic nitrogens is 2. The lowest BCUT2D eigenvalue weighted by atomic mass is 10.0. The van der Waals surface area contributed by atoms with E-state index in [9.17, 15) is 29.4 Å². The summed E-state index contributed by atoms with van der Waals surface area (Å²) in [6.07, 6.45) is 3.11. The summed E-state index contributed by atoms with van der Waals surface area (Å²) in [4.78, 5) is 56.6. The second-order valence-corrected chi connectivity index (χ2v) is 8.52. The van der Waals surface area contributed by atoms with Crippen molar-refractivity contribution in [1.29, 1.82) is 0 Å². The van der Waals surface area contributed by atoms with E-state index in [0.717, 1.165) is 0 Å². The van der Waals surface area contributed by atoms with Crippen molar-refractivity contribution < 1.29 is 29.4 Å². The van der Waals surface area contributed by atoms with Gasteiger partial charge in [-0.2, -0.15) is 0 Å². The third-order valence-corrected chi connectivity index (χ3v) is 5.24. The van der Waals surface area contributed by atoms with E-state index in [2.05, 4.69) is 25.9 Å². The lowest BCUT2D eigenvalue weighted by Crippen LogP contribution is -2.59. The molecule has 5 unspecified atom stereocenters. The van der Waals surface area contributed by atoms with Crippen molar-refractivity contribution in [2.45, 2.75) is 76.7 Å². The lowest BCUT2D eigenvalue weighted by molar-refractivity contribution is -0.143. The first-order chi connectivity index (χ1) is 16.0. The molecule has 3 amide bonds. The van der Waals surface area contributed by atoms with Gasteiger partial charge in [-0.3, -0.25) is 14.4 Å². The van der Waals surface area contributed by atoms with Crippen LogP contribution in [-0.2, 0) is 25.6 Å². The number of imidazole rings is 1. The molecule has 13 nitrogen and oxygen atoms in total. The molecule has 0 bridgehead atoms. The third-order valence-electron chi connectivity index (χ3n) is 5.24. The van der Waals surface area contributed by atoms with Crippen LogP contribution in [0.25, 0.3) is 0 Å². The Morgan fingerprint density at radius 1 is 1.03 bits per heavy atom. The lowest BCUT2D eigenvalue weighted by Gasteiger charge is -2.27.